The second kappa shape index (κ2) is 5.07. The molecule has 6 heteroatoms. The first-order valence-electron chi connectivity index (χ1n) is 5.04. The van der Waals surface area contributed by atoms with E-state index in [1.165, 1.54) is 6.07 Å². The number of hydrogen-bond donors (Lipinski definition) is 2. The number of rotatable bonds is 4. The Morgan fingerprint density at radius 2 is 2.06 bits per heavy atom. The van der Waals surface area contributed by atoms with Gasteiger partial charge in [0.2, 0.25) is 0 Å². The number of anilines is 1. The van der Waals surface area contributed by atoms with Gasteiger partial charge >= 0.3 is 12.1 Å². The van der Waals surface area contributed by atoms with Gasteiger partial charge in [-0.3, -0.25) is 0 Å². The molecule has 0 spiro atoms. The summed E-state index contributed by atoms with van der Waals surface area (Å²) in [5.41, 5.74) is -1.50. The molecule has 0 unspecified atom stereocenters. The van der Waals surface area contributed by atoms with E-state index in [1.54, 1.807) is 0 Å². The summed E-state index contributed by atoms with van der Waals surface area (Å²) in [4.78, 5) is 10.8. The predicted octanol–water partition coefficient (Wildman–Crippen LogP) is 3.23. The quantitative estimate of drug-likeness (QED) is 0.858. The Morgan fingerprint density at radius 1 is 1.41 bits per heavy atom. The van der Waals surface area contributed by atoms with E-state index >= 15 is 0 Å². The largest absolute Gasteiger partial charge is 0.478 e. The first-order chi connectivity index (χ1) is 7.86. The summed E-state index contributed by atoms with van der Waals surface area (Å²) in [6.45, 7) is 2.47. The molecule has 0 amide bonds. The minimum absolute atomic E-state index is 0.372. The lowest BCUT2D eigenvalue weighted by Crippen LogP contribution is -2.13. The van der Waals surface area contributed by atoms with Crippen molar-refractivity contribution in [3.63, 3.8) is 0 Å². The highest BCUT2D eigenvalue weighted by Crippen LogP contribution is 2.33. The van der Waals surface area contributed by atoms with Gasteiger partial charge in [-0.1, -0.05) is 6.92 Å². The number of nitrogens with one attached hydrogen (secondary N) is 1. The molecule has 0 heterocycles. The fourth-order valence-electron chi connectivity index (χ4n) is 1.35. The third-order valence-corrected chi connectivity index (χ3v) is 2.13. The highest BCUT2D eigenvalue weighted by molar-refractivity contribution is 5.91. The molecule has 0 aliphatic carbocycles. The van der Waals surface area contributed by atoms with E-state index in [0.29, 0.717) is 12.2 Å². The molecular formula is C11H12F3NO2. The number of carbonyl (C=O) groups is 1. The average Bonchev–Trinajstić information content (AvgIpc) is 2.24. The van der Waals surface area contributed by atoms with Crippen LogP contribution in [0.1, 0.15) is 29.3 Å². The molecule has 0 fully saturated rings. The van der Waals surface area contributed by atoms with Crippen molar-refractivity contribution < 1.29 is 23.1 Å². The van der Waals surface area contributed by atoms with E-state index in [9.17, 15) is 18.0 Å². The van der Waals surface area contributed by atoms with Gasteiger partial charge in [0.1, 0.15) is 0 Å². The minimum atomic E-state index is -4.66. The lowest BCUT2D eigenvalue weighted by atomic mass is 10.1. The van der Waals surface area contributed by atoms with E-state index in [2.05, 4.69) is 5.32 Å². The maximum absolute atomic E-state index is 12.5. The summed E-state index contributed by atoms with van der Waals surface area (Å²) in [7, 11) is 0. The summed E-state index contributed by atoms with van der Waals surface area (Å²) in [6.07, 6.45) is -3.86. The van der Waals surface area contributed by atoms with Gasteiger partial charge in [0, 0.05) is 12.2 Å². The topological polar surface area (TPSA) is 49.3 Å². The molecule has 0 aliphatic rings. The third-order valence-electron chi connectivity index (χ3n) is 2.13. The maximum Gasteiger partial charge on any atom is 0.417 e. The van der Waals surface area contributed by atoms with Crippen LogP contribution in [0.4, 0.5) is 18.9 Å². The summed E-state index contributed by atoms with van der Waals surface area (Å²) in [5.74, 6) is -1.59. The van der Waals surface area contributed by atoms with Crippen LogP contribution in [0.3, 0.4) is 0 Å². The Hall–Kier alpha value is -1.72. The van der Waals surface area contributed by atoms with Crippen LogP contribution in [0.15, 0.2) is 18.2 Å². The van der Waals surface area contributed by atoms with Gasteiger partial charge in [0.15, 0.2) is 0 Å². The number of alkyl halides is 3. The molecule has 0 bridgehead atoms. The molecule has 0 radical (unpaired) electrons. The Bertz CT molecular complexity index is 416. The number of hydrogen-bond acceptors (Lipinski definition) is 2. The molecule has 1 aromatic rings. The second-order valence-electron chi connectivity index (χ2n) is 3.49. The Morgan fingerprint density at radius 3 is 2.53 bits per heavy atom. The van der Waals surface area contributed by atoms with Crippen molar-refractivity contribution in [3.05, 3.63) is 29.3 Å². The first kappa shape index (κ1) is 13.3. The monoisotopic (exact) mass is 247 g/mol. The van der Waals surface area contributed by atoms with Gasteiger partial charge in [-0.15, -0.1) is 0 Å². The number of benzene rings is 1. The van der Waals surface area contributed by atoms with Crippen molar-refractivity contribution in [3.8, 4) is 0 Å². The lowest BCUT2D eigenvalue weighted by molar-refractivity contribution is -0.138. The van der Waals surface area contributed by atoms with Crippen LogP contribution in [-0.2, 0) is 6.18 Å². The highest BCUT2D eigenvalue weighted by atomic mass is 19.4. The SMILES string of the molecule is CCCNc1ccc(C(F)(F)F)c(C(=O)O)c1. The molecule has 0 atom stereocenters. The van der Waals surface area contributed by atoms with E-state index in [1.807, 2.05) is 6.92 Å². The fraction of sp³-hybridized carbons (Fsp3) is 0.364. The molecule has 1 rings (SSSR count). The van der Waals surface area contributed by atoms with E-state index in [-0.39, 0.29) is 0 Å². The maximum atomic E-state index is 12.5. The normalized spacial score (nSPS) is 11.3. The average molecular weight is 247 g/mol. The lowest BCUT2D eigenvalue weighted by Gasteiger charge is -2.12. The van der Waals surface area contributed by atoms with Crippen LogP contribution < -0.4 is 5.32 Å². The summed E-state index contributed by atoms with van der Waals surface area (Å²) >= 11 is 0. The van der Waals surface area contributed by atoms with Crippen molar-refractivity contribution in [1.82, 2.24) is 0 Å². The second-order valence-corrected chi connectivity index (χ2v) is 3.49. The summed E-state index contributed by atoms with van der Waals surface area (Å²) < 4.78 is 37.5. The molecule has 0 aliphatic heterocycles. The molecular weight excluding hydrogens is 235 g/mol. The summed E-state index contributed by atoms with van der Waals surface area (Å²) in [5, 5.41) is 11.6. The van der Waals surface area contributed by atoms with Crippen molar-refractivity contribution in [2.45, 2.75) is 19.5 Å². The zero-order valence-corrected chi connectivity index (χ0v) is 9.14. The van der Waals surface area contributed by atoms with Gasteiger partial charge in [0.25, 0.3) is 0 Å². The van der Waals surface area contributed by atoms with E-state index in [0.717, 1.165) is 18.6 Å². The van der Waals surface area contributed by atoms with Crippen LogP contribution in [0.5, 0.6) is 0 Å². The highest BCUT2D eigenvalue weighted by Gasteiger charge is 2.35. The van der Waals surface area contributed by atoms with E-state index in [4.69, 9.17) is 5.11 Å². The zero-order chi connectivity index (χ0) is 13.1. The van der Waals surface area contributed by atoms with Crippen molar-refractivity contribution in [2.24, 2.45) is 0 Å². The molecule has 94 valence electrons. The Balaban J connectivity index is 3.13. The van der Waals surface area contributed by atoms with Gasteiger partial charge in [0.05, 0.1) is 11.1 Å². The molecule has 0 saturated carbocycles. The number of halogens is 3. The molecule has 0 saturated heterocycles. The van der Waals surface area contributed by atoms with Gasteiger partial charge in [-0.25, -0.2) is 4.79 Å². The standard InChI is InChI=1S/C11H12F3NO2/c1-2-5-15-7-3-4-9(11(12,13)14)8(6-7)10(16)17/h3-4,6,15H,2,5H2,1H3,(H,16,17). The predicted molar refractivity (Wildman–Crippen MR) is 57.2 cm³/mol. The van der Waals surface area contributed by atoms with Gasteiger partial charge in [-0.2, -0.15) is 13.2 Å². The van der Waals surface area contributed by atoms with Crippen molar-refractivity contribution >= 4 is 11.7 Å². The van der Waals surface area contributed by atoms with Crippen LogP contribution in [0.25, 0.3) is 0 Å². The van der Waals surface area contributed by atoms with Crippen LogP contribution in [-0.4, -0.2) is 17.6 Å². The van der Waals surface area contributed by atoms with Crippen molar-refractivity contribution in [2.75, 3.05) is 11.9 Å². The van der Waals surface area contributed by atoms with Crippen LogP contribution in [0, 0.1) is 0 Å². The Kier molecular flexibility index (Phi) is 3.98. The number of carboxylic acids is 1. The molecule has 3 nitrogen and oxygen atoms in total. The zero-order valence-electron chi connectivity index (χ0n) is 9.14. The van der Waals surface area contributed by atoms with Crippen LogP contribution >= 0.6 is 0 Å². The van der Waals surface area contributed by atoms with Crippen LogP contribution in [0.2, 0.25) is 0 Å². The first-order valence-corrected chi connectivity index (χ1v) is 5.04. The number of carboxylic acid groups (broad SMARTS) is 1. The summed E-state index contributed by atoms with van der Waals surface area (Å²) in [6, 6.07) is 3.01. The molecule has 17 heavy (non-hydrogen) atoms. The minimum Gasteiger partial charge on any atom is -0.478 e. The van der Waals surface area contributed by atoms with E-state index < -0.39 is 23.3 Å². The molecule has 2 N–H and O–H groups in total. The fourth-order valence-corrected chi connectivity index (χ4v) is 1.35. The number of aromatic carboxylic acids is 1. The smallest absolute Gasteiger partial charge is 0.417 e. The Labute approximate surface area is 96.3 Å². The van der Waals surface area contributed by atoms with Gasteiger partial charge in [-0.05, 0) is 24.6 Å². The van der Waals surface area contributed by atoms with Crippen molar-refractivity contribution in [1.29, 1.82) is 0 Å². The third kappa shape index (κ3) is 3.37. The van der Waals surface area contributed by atoms with Gasteiger partial charge < -0.3 is 10.4 Å². The molecule has 0 aromatic heterocycles. The molecule has 1 aromatic carbocycles.